The first-order chi connectivity index (χ1) is 9.24. The van der Waals surface area contributed by atoms with Crippen LogP contribution in [0.2, 0.25) is 0 Å². The highest BCUT2D eigenvalue weighted by Crippen LogP contribution is 2.20. The average molecular weight is 256 g/mol. The normalized spacial score (nSPS) is 10.9. The summed E-state index contributed by atoms with van der Waals surface area (Å²) in [4.78, 5) is 0. The molecule has 0 radical (unpaired) electrons. The van der Waals surface area contributed by atoms with Crippen molar-refractivity contribution in [3.05, 3.63) is 53.3 Å². The predicted octanol–water partition coefficient (Wildman–Crippen LogP) is 3.98. The maximum Gasteiger partial charge on any atom is 0.0455 e. The Hall–Kier alpha value is -1.54. The number of nitrogens with zero attached hydrogens (tertiary/aromatic N) is 1. The van der Waals surface area contributed by atoms with Crippen LogP contribution in [0, 0.1) is 13.8 Å². The number of nitrogens with one attached hydrogen (secondary N) is 1. The zero-order valence-electron chi connectivity index (χ0n) is 12.2. The highest BCUT2D eigenvalue weighted by molar-refractivity contribution is 5.40. The van der Waals surface area contributed by atoms with Crippen molar-refractivity contribution >= 4 is 0 Å². The third kappa shape index (κ3) is 3.27. The Kier molecular flexibility index (Phi) is 4.80. The molecule has 0 aliphatic rings. The van der Waals surface area contributed by atoms with Gasteiger partial charge in [0, 0.05) is 23.6 Å². The molecule has 1 heterocycles. The second-order valence-electron chi connectivity index (χ2n) is 5.10. The van der Waals surface area contributed by atoms with Gasteiger partial charge in [-0.25, -0.2) is 0 Å². The van der Waals surface area contributed by atoms with E-state index in [2.05, 4.69) is 67.1 Å². The summed E-state index contributed by atoms with van der Waals surface area (Å²) in [7, 11) is 0. The van der Waals surface area contributed by atoms with Crippen molar-refractivity contribution in [3.8, 4) is 5.69 Å². The molecule has 0 amide bonds. The van der Waals surface area contributed by atoms with Crippen LogP contribution in [0.5, 0.6) is 0 Å². The second-order valence-corrected chi connectivity index (χ2v) is 5.10. The van der Waals surface area contributed by atoms with Gasteiger partial charge >= 0.3 is 0 Å². The summed E-state index contributed by atoms with van der Waals surface area (Å²) in [6.07, 6.45) is 2.49. The predicted molar refractivity (Wildman–Crippen MR) is 81.9 cm³/mol. The minimum atomic E-state index is 0.965. The summed E-state index contributed by atoms with van der Waals surface area (Å²) in [5.74, 6) is 0. The number of aromatic nitrogens is 1. The van der Waals surface area contributed by atoms with Crippen LogP contribution in [-0.2, 0) is 6.54 Å². The van der Waals surface area contributed by atoms with E-state index in [1.165, 1.54) is 35.5 Å². The zero-order chi connectivity index (χ0) is 13.7. The number of rotatable bonds is 6. The summed E-state index contributed by atoms with van der Waals surface area (Å²) in [5.41, 5.74) is 5.29. The Labute approximate surface area is 116 Å². The molecule has 2 nitrogen and oxygen atoms in total. The Bertz CT molecular complexity index is 512. The van der Waals surface area contributed by atoms with Crippen molar-refractivity contribution in [1.29, 1.82) is 0 Å². The van der Waals surface area contributed by atoms with Gasteiger partial charge in [-0.1, -0.05) is 31.5 Å². The molecule has 0 aliphatic heterocycles. The summed E-state index contributed by atoms with van der Waals surface area (Å²) in [5, 5.41) is 3.52. The van der Waals surface area contributed by atoms with Crippen LogP contribution in [0.25, 0.3) is 5.69 Å². The van der Waals surface area contributed by atoms with Crippen molar-refractivity contribution < 1.29 is 0 Å². The van der Waals surface area contributed by atoms with Crippen LogP contribution >= 0.6 is 0 Å². The molecule has 2 aromatic rings. The molecule has 0 fully saturated rings. The van der Waals surface area contributed by atoms with Gasteiger partial charge in [-0.15, -0.1) is 0 Å². The van der Waals surface area contributed by atoms with Gasteiger partial charge in [0.25, 0.3) is 0 Å². The summed E-state index contributed by atoms with van der Waals surface area (Å²) < 4.78 is 2.33. The fourth-order valence-electron chi connectivity index (χ4n) is 2.51. The maximum absolute atomic E-state index is 3.52. The quantitative estimate of drug-likeness (QED) is 0.773. The van der Waals surface area contributed by atoms with Crippen LogP contribution in [0.1, 0.15) is 36.7 Å². The van der Waals surface area contributed by atoms with Crippen molar-refractivity contribution in [3.63, 3.8) is 0 Å². The molecule has 0 atom stereocenters. The second kappa shape index (κ2) is 6.58. The van der Waals surface area contributed by atoms with Gasteiger partial charge in [-0.3, -0.25) is 0 Å². The van der Waals surface area contributed by atoms with E-state index in [4.69, 9.17) is 0 Å². The van der Waals surface area contributed by atoms with Gasteiger partial charge in [-0.2, -0.15) is 0 Å². The standard InChI is InChI=1S/C17H24N2/c1-4-5-11-18-13-16-12-14(2)19(15(16)3)17-9-7-6-8-10-17/h6-10,12,18H,4-5,11,13H2,1-3H3. The lowest BCUT2D eigenvalue weighted by atomic mass is 10.2. The van der Waals surface area contributed by atoms with E-state index in [0.29, 0.717) is 0 Å². The van der Waals surface area contributed by atoms with E-state index in [-0.39, 0.29) is 0 Å². The molecule has 0 unspecified atom stereocenters. The highest BCUT2D eigenvalue weighted by atomic mass is 15.0. The number of para-hydroxylation sites is 1. The van der Waals surface area contributed by atoms with Crippen molar-refractivity contribution in [2.75, 3.05) is 6.54 Å². The molecule has 1 aromatic heterocycles. The molecule has 19 heavy (non-hydrogen) atoms. The molecule has 0 saturated heterocycles. The third-order valence-corrected chi connectivity index (χ3v) is 3.57. The van der Waals surface area contributed by atoms with Gasteiger partial charge in [0.1, 0.15) is 0 Å². The first-order valence-corrected chi connectivity index (χ1v) is 7.18. The molecule has 1 aromatic carbocycles. The fraction of sp³-hybridized carbons (Fsp3) is 0.412. The van der Waals surface area contributed by atoms with Gasteiger partial charge < -0.3 is 9.88 Å². The first kappa shape index (κ1) is 13.9. The lowest BCUT2D eigenvalue weighted by molar-refractivity contribution is 0.639. The molecular formula is C17H24N2. The van der Waals surface area contributed by atoms with Crippen molar-refractivity contribution in [1.82, 2.24) is 9.88 Å². The zero-order valence-corrected chi connectivity index (χ0v) is 12.2. The van der Waals surface area contributed by atoms with Gasteiger partial charge in [0.05, 0.1) is 0 Å². The van der Waals surface area contributed by atoms with Crippen LogP contribution in [0.15, 0.2) is 36.4 Å². The molecule has 2 heteroatoms. The van der Waals surface area contributed by atoms with Crippen LogP contribution in [-0.4, -0.2) is 11.1 Å². The van der Waals surface area contributed by atoms with Gasteiger partial charge in [-0.05, 0) is 50.6 Å². The third-order valence-electron chi connectivity index (χ3n) is 3.57. The number of hydrogen-bond acceptors (Lipinski definition) is 1. The molecular weight excluding hydrogens is 232 g/mol. The molecule has 1 N–H and O–H groups in total. The lowest BCUT2D eigenvalue weighted by Crippen LogP contribution is -2.14. The Morgan fingerprint density at radius 1 is 1.11 bits per heavy atom. The van der Waals surface area contributed by atoms with E-state index in [9.17, 15) is 0 Å². The fourth-order valence-corrected chi connectivity index (χ4v) is 2.51. The van der Waals surface area contributed by atoms with E-state index in [1.807, 2.05) is 0 Å². The van der Waals surface area contributed by atoms with Gasteiger partial charge in [0.15, 0.2) is 0 Å². The summed E-state index contributed by atoms with van der Waals surface area (Å²) in [6, 6.07) is 12.9. The minimum absolute atomic E-state index is 0.965. The Morgan fingerprint density at radius 3 is 2.53 bits per heavy atom. The van der Waals surface area contributed by atoms with Gasteiger partial charge in [0.2, 0.25) is 0 Å². The maximum atomic E-state index is 3.52. The molecule has 0 bridgehead atoms. The largest absolute Gasteiger partial charge is 0.318 e. The van der Waals surface area contributed by atoms with E-state index >= 15 is 0 Å². The summed E-state index contributed by atoms with van der Waals surface area (Å²) in [6.45, 7) is 8.67. The molecule has 0 saturated carbocycles. The first-order valence-electron chi connectivity index (χ1n) is 7.18. The van der Waals surface area contributed by atoms with E-state index in [0.717, 1.165) is 13.1 Å². The van der Waals surface area contributed by atoms with Crippen molar-refractivity contribution in [2.45, 2.75) is 40.2 Å². The molecule has 102 valence electrons. The average Bonchev–Trinajstić information content (AvgIpc) is 2.71. The Balaban J connectivity index is 2.16. The van der Waals surface area contributed by atoms with Crippen LogP contribution in [0.4, 0.5) is 0 Å². The monoisotopic (exact) mass is 256 g/mol. The van der Waals surface area contributed by atoms with Crippen LogP contribution < -0.4 is 5.32 Å². The number of benzene rings is 1. The minimum Gasteiger partial charge on any atom is -0.318 e. The SMILES string of the molecule is CCCCNCc1cc(C)n(-c2ccccc2)c1C. The molecule has 2 rings (SSSR count). The number of aryl methyl sites for hydroxylation is 1. The van der Waals surface area contributed by atoms with E-state index in [1.54, 1.807) is 0 Å². The number of hydrogen-bond donors (Lipinski definition) is 1. The Morgan fingerprint density at radius 2 is 1.84 bits per heavy atom. The van der Waals surface area contributed by atoms with Crippen LogP contribution in [0.3, 0.4) is 0 Å². The highest BCUT2D eigenvalue weighted by Gasteiger charge is 2.09. The lowest BCUT2D eigenvalue weighted by Gasteiger charge is -2.10. The summed E-state index contributed by atoms with van der Waals surface area (Å²) >= 11 is 0. The smallest absolute Gasteiger partial charge is 0.0455 e. The molecule has 0 aliphatic carbocycles. The van der Waals surface area contributed by atoms with E-state index < -0.39 is 0 Å². The topological polar surface area (TPSA) is 17.0 Å². The van der Waals surface area contributed by atoms with Crippen molar-refractivity contribution in [2.24, 2.45) is 0 Å². The number of unbranched alkanes of at least 4 members (excludes halogenated alkanes) is 1. The molecule has 0 spiro atoms.